The number of halogens is 1. The number of carbonyl (C=O) groups is 2. The minimum Gasteiger partial charge on any atom is -1.00 e. The van der Waals surface area contributed by atoms with Crippen LogP contribution in [0.4, 0.5) is 0 Å². The molecule has 0 heterocycles. The predicted octanol–water partition coefficient (Wildman–Crippen LogP) is 10.1. The van der Waals surface area contributed by atoms with E-state index < -0.39 is 0 Å². The fourth-order valence-corrected chi connectivity index (χ4v) is 6.96. The molecule has 296 valence electrons. The zero-order chi connectivity index (χ0) is 36.1. The van der Waals surface area contributed by atoms with Gasteiger partial charge in [0.15, 0.2) is 0 Å². The van der Waals surface area contributed by atoms with Gasteiger partial charge in [-0.25, -0.2) is 0 Å². The van der Waals surface area contributed by atoms with Crippen molar-refractivity contribution in [2.75, 3.05) is 33.8 Å². The number of aliphatic hydroxyl groups is 1. The molecule has 1 N–H and O–H groups in total. The van der Waals surface area contributed by atoms with Gasteiger partial charge in [0.2, 0.25) is 0 Å². The highest BCUT2D eigenvalue weighted by Gasteiger charge is 2.29. The summed E-state index contributed by atoms with van der Waals surface area (Å²) in [5.74, 6) is 0.399. The average molecular weight is 769 g/mol. The van der Waals surface area contributed by atoms with Crippen LogP contribution >= 0.6 is 0 Å². The van der Waals surface area contributed by atoms with Gasteiger partial charge in [-0.05, 0) is 77.0 Å². The maximum Gasteiger partial charge on any atom is 0.142 e. The first-order chi connectivity index (χ1) is 23.9. The molecule has 0 saturated heterocycles. The van der Waals surface area contributed by atoms with E-state index in [9.17, 15) is 14.7 Å². The molecule has 0 amide bonds. The second-order valence-electron chi connectivity index (χ2n) is 15.8. The molecular weight excluding hydrogens is 682 g/mol. The molecule has 0 bridgehead atoms. The van der Waals surface area contributed by atoms with Gasteiger partial charge >= 0.3 is 0 Å². The summed E-state index contributed by atoms with van der Waals surface area (Å²) in [6.45, 7) is 6.42. The third-order valence-electron chi connectivity index (χ3n) is 10.2. The van der Waals surface area contributed by atoms with Crippen LogP contribution in [0.5, 0.6) is 0 Å². The van der Waals surface area contributed by atoms with Crippen LogP contribution in [0.1, 0.15) is 213 Å². The second kappa shape index (κ2) is 39.4. The van der Waals surface area contributed by atoms with E-state index >= 15 is 0 Å². The number of hydrogen-bond acceptors (Lipinski definition) is 3. The zero-order valence-electron chi connectivity index (χ0n) is 34.0. The minimum atomic E-state index is -0.170. The first-order valence-electron chi connectivity index (χ1n) is 21.6. The number of ketones is 2. The van der Waals surface area contributed by atoms with Crippen LogP contribution in [-0.2, 0) is 9.59 Å². The molecule has 1 unspecified atom stereocenters. The Labute approximate surface area is 323 Å². The highest BCUT2D eigenvalue weighted by molar-refractivity contribution is 5.88. The van der Waals surface area contributed by atoms with Crippen molar-refractivity contribution in [1.82, 2.24) is 0 Å². The molecule has 50 heavy (non-hydrogen) atoms. The van der Waals surface area contributed by atoms with Crippen molar-refractivity contribution in [3.63, 3.8) is 0 Å². The molecule has 0 aromatic carbocycles. The number of quaternary nitrogens is 1. The van der Waals surface area contributed by atoms with Crippen molar-refractivity contribution in [2.45, 2.75) is 213 Å². The van der Waals surface area contributed by atoms with E-state index in [0.29, 0.717) is 25.0 Å². The number of nitrogens with zero attached hydrogens (tertiary/aromatic N) is 1. The SMILES string of the molecule is CCCCCCCC/C=C\CCCCCCCC(=O)CC(C[N+](C)(C)CCCCO)C(=O)CCCCCCC/C=C\CCCCCCCC.[Br-]. The summed E-state index contributed by atoms with van der Waals surface area (Å²) in [5, 5.41) is 9.23. The van der Waals surface area contributed by atoms with Crippen molar-refractivity contribution < 1.29 is 36.2 Å². The Morgan fingerprint density at radius 3 is 1.32 bits per heavy atom. The molecule has 0 fully saturated rings. The van der Waals surface area contributed by atoms with Crippen molar-refractivity contribution in [3.05, 3.63) is 24.3 Å². The third-order valence-corrected chi connectivity index (χ3v) is 10.2. The maximum absolute atomic E-state index is 13.4. The molecule has 0 rings (SSSR count). The summed E-state index contributed by atoms with van der Waals surface area (Å²) in [7, 11) is 4.35. The molecule has 0 aromatic rings. The Morgan fingerprint density at radius 1 is 0.520 bits per heavy atom. The van der Waals surface area contributed by atoms with Gasteiger partial charge in [0, 0.05) is 25.9 Å². The smallest absolute Gasteiger partial charge is 0.142 e. The fraction of sp³-hybridized carbons (Fsp3) is 0.867. The first-order valence-corrected chi connectivity index (χ1v) is 21.6. The molecule has 5 heteroatoms. The molecule has 0 aliphatic carbocycles. The van der Waals surface area contributed by atoms with Crippen LogP contribution in [0.15, 0.2) is 24.3 Å². The number of hydrogen-bond donors (Lipinski definition) is 1. The Hall–Kier alpha value is -0.780. The Morgan fingerprint density at radius 2 is 0.900 bits per heavy atom. The largest absolute Gasteiger partial charge is 1.00 e. The predicted molar refractivity (Wildman–Crippen MR) is 215 cm³/mol. The number of aliphatic hydroxyl groups excluding tert-OH is 1. The lowest BCUT2D eigenvalue weighted by atomic mass is 9.91. The van der Waals surface area contributed by atoms with Crippen LogP contribution in [0.2, 0.25) is 0 Å². The summed E-state index contributed by atoms with van der Waals surface area (Å²) in [6, 6.07) is 0. The lowest BCUT2D eigenvalue weighted by Crippen LogP contribution is -3.00. The fourth-order valence-electron chi connectivity index (χ4n) is 6.96. The minimum absolute atomic E-state index is 0. The van der Waals surface area contributed by atoms with Crippen LogP contribution in [-0.4, -0.2) is 54.9 Å². The molecule has 0 aromatic heterocycles. The van der Waals surface area contributed by atoms with E-state index in [1.54, 1.807) is 0 Å². The normalized spacial score (nSPS) is 12.6. The number of Topliss-reactive ketones (excluding diaryl/α,β-unsaturated/α-hetero) is 2. The van der Waals surface area contributed by atoms with Crippen molar-refractivity contribution >= 4 is 11.6 Å². The molecule has 0 aliphatic heterocycles. The average Bonchev–Trinajstić information content (AvgIpc) is 3.07. The van der Waals surface area contributed by atoms with Crippen LogP contribution in [0, 0.1) is 5.92 Å². The van der Waals surface area contributed by atoms with E-state index in [-0.39, 0.29) is 35.3 Å². The summed E-state index contributed by atoms with van der Waals surface area (Å²) in [6.07, 6.45) is 45.6. The van der Waals surface area contributed by atoms with Gasteiger partial charge in [-0.2, -0.15) is 0 Å². The van der Waals surface area contributed by atoms with Gasteiger partial charge < -0.3 is 26.6 Å². The first kappa shape index (κ1) is 51.3. The lowest BCUT2D eigenvalue weighted by molar-refractivity contribution is -0.892. The van der Waals surface area contributed by atoms with E-state index in [2.05, 4.69) is 52.2 Å². The monoisotopic (exact) mass is 768 g/mol. The van der Waals surface area contributed by atoms with Gasteiger partial charge in [-0.15, -0.1) is 0 Å². The molecule has 0 radical (unpaired) electrons. The van der Waals surface area contributed by atoms with Crippen LogP contribution in [0.3, 0.4) is 0 Å². The van der Waals surface area contributed by atoms with Gasteiger partial charge in [0.05, 0.1) is 33.1 Å². The number of rotatable bonds is 39. The molecule has 4 nitrogen and oxygen atoms in total. The lowest BCUT2D eigenvalue weighted by Gasteiger charge is -2.33. The second-order valence-corrected chi connectivity index (χ2v) is 15.8. The summed E-state index contributed by atoms with van der Waals surface area (Å²) < 4.78 is 0.740. The van der Waals surface area contributed by atoms with E-state index in [1.807, 2.05) is 0 Å². The third kappa shape index (κ3) is 37.0. The quantitative estimate of drug-likeness (QED) is 0.0385. The molecule has 0 aliphatic rings. The Balaban J connectivity index is 0. The van der Waals surface area contributed by atoms with E-state index in [0.717, 1.165) is 56.1 Å². The zero-order valence-corrected chi connectivity index (χ0v) is 35.6. The highest BCUT2D eigenvalue weighted by atomic mass is 79.9. The molecular formula is C45H86BrNO3. The van der Waals surface area contributed by atoms with Gasteiger partial charge in [-0.1, -0.05) is 141 Å². The summed E-state index contributed by atoms with van der Waals surface area (Å²) in [4.78, 5) is 26.5. The van der Waals surface area contributed by atoms with Gasteiger partial charge in [-0.3, -0.25) is 9.59 Å². The number of allylic oxidation sites excluding steroid dienone is 4. The summed E-state index contributed by atoms with van der Waals surface area (Å²) >= 11 is 0. The van der Waals surface area contributed by atoms with Crippen molar-refractivity contribution in [2.24, 2.45) is 5.92 Å². The topological polar surface area (TPSA) is 54.4 Å². The Kier molecular flexibility index (Phi) is 40.5. The standard InChI is InChI=1S/C45H86NO3.BrH/c1-5-7-9-11-13-15-17-19-21-23-25-27-29-31-33-37-44(48)41-43(42-46(3,4)39-35-36-40-47)45(49)38-34-32-30-28-26-24-22-20-18-16-14-12-10-8-6-2;/h19-22,43,47H,5-18,23-42H2,1-4H3;1H/q+1;/p-1/b21-19-,22-20-;. The van der Waals surface area contributed by atoms with Gasteiger partial charge in [0.25, 0.3) is 0 Å². The van der Waals surface area contributed by atoms with Crippen LogP contribution in [0.25, 0.3) is 0 Å². The van der Waals surface area contributed by atoms with Crippen molar-refractivity contribution in [3.8, 4) is 0 Å². The molecule has 1 atom stereocenters. The summed E-state index contributed by atoms with van der Waals surface area (Å²) in [5.41, 5.74) is 0. The number of carbonyl (C=O) groups excluding carboxylic acids is 2. The van der Waals surface area contributed by atoms with Crippen molar-refractivity contribution in [1.29, 1.82) is 0 Å². The molecule has 0 saturated carbocycles. The Bertz CT molecular complexity index is 793. The molecule has 0 spiro atoms. The maximum atomic E-state index is 13.4. The number of unbranched alkanes of at least 4 members (excludes halogenated alkanes) is 23. The van der Waals surface area contributed by atoms with Gasteiger partial charge in [0.1, 0.15) is 11.6 Å². The van der Waals surface area contributed by atoms with E-state index in [1.165, 1.54) is 141 Å². The highest BCUT2D eigenvalue weighted by Crippen LogP contribution is 2.20. The van der Waals surface area contributed by atoms with Crippen LogP contribution < -0.4 is 17.0 Å². The van der Waals surface area contributed by atoms with E-state index in [4.69, 9.17) is 0 Å².